The molecule has 2 N–H and O–H groups in total. The monoisotopic (exact) mass is 1250 g/mol. The third-order valence-electron chi connectivity index (χ3n) is 30.7. The number of aliphatic hydroxyl groups is 2. The number of fused-ring (bicyclic) bond motifs is 8. The van der Waals surface area contributed by atoms with E-state index in [1.807, 2.05) is 13.8 Å². The summed E-state index contributed by atoms with van der Waals surface area (Å²) in [7, 11) is 1.01. The standard InChI is InChI=1S/C35H60O4Si.C28H44O5.C6H15N.C2H6.CH2Cl2/c1-11-40(12-2,13-3)39-29-28-27(22(4)20-24(38-28)30(36)37-10)32(8)18-19-35-21-34(35)17-16-23(5)31(6,7)25(34)14-15-26(35)33(29,32)9;1-15-13-16(23(31)32-6)33-21-20(15)25(4)11-12-28-14-27(28)10-9-19(29)24(2,3)17(27)7-8-18(28)26(25,5)22(21)30;1-4-7(5-2)6-3;1-2;2-1-3/h22-29H,11-21H2,1-10H3;15-22,29-30H,7-14H2,1-6H3;4-6H2,1-3H3;1-2H3;1H2/t22-,23?,24?,25+,26+,27?,28?,29+,32-,33-,34-,35?;15-,16?,17+,18+,19?,20?,21?,22+,25-,26-,27-,28?;;;/m11.../s1. The number of rotatable bonds is 10. The second-order valence-corrected chi connectivity index (χ2v) is 38.1. The van der Waals surface area contributed by atoms with Crippen molar-refractivity contribution in [1.29, 1.82) is 0 Å². The summed E-state index contributed by atoms with van der Waals surface area (Å²) in [5.41, 5.74) is 2.12. The highest BCUT2D eigenvalue weighted by Gasteiger charge is 2.87. The minimum absolute atomic E-state index is 0.00776. The summed E-state index contributed by atoms with van der Waals surface area (Å²) in [5, 5.41) is 23.1. The van der Waals surface area contributed by atoms with Crippen LogP contribution in [-0.2, 0) is 33.0 Å². The predicted molar refractivity (Wildman–Crippen MR) is 349 cm³/mol. The molecule has 85 heavy (non-hydrogen) atoms. The van der Waals surface area contributed by atoms with Crippen molar-refractivity contribution in [3.63, 3.8) is 0 Å². The highest BCUT2D eigenvalue weighted by molar-refractivity contribution is 6.73. The molecule has 10 aliphatic carbocycles. The number of halogens is 2. The Morgan fingerprint density at radius 1 is 0.553 bits per heavy atom. The molecular formula is C72H127Cl2NO9Si. The fraction of sp³-hybridized carbons (Fsp3) is 0.972. The first-order chi connectivity index (χ1) is 39.9. The summed E-state index contributed by atoms with van der Waals surface area (Å²) >= 11 is 9.53. The van der Waals surface area contributed by atoms with E-state index in [4.69, 9.17) is 46.6 Å². The Morgan fingerprint density at radius 2 is 0.941 bits per heavy atom. The second-order valence-electron chi connectivity index (χ2n) is 32.5. The van der Waals surface area contributed by atoms with Gasteiger partial charge < -0.3 is 38.5 Å². The molecule has 0 bridgehead atoms. The molecule has 0 aromatic carbocycles. The van der Waals surface area contributed by atoms with Gasteiger partial charge in [0.2, 0.25) is 0 Å². The summed E-state index contributed by atoms with van der Waals surface area (Å²) in [4.78, 5) is 27.6. The molecule has 0 aromatic heterocycles. The number of esters is 2. The topological polar surface area (TPSA) is 124 Å². The highest BCUT2D eigenvalue weighted by Crippen LogP contribution is 2.91. The van der Waals surface area contributed by atoms with Gasteiger partial charge in [-0.05, 0) is 237 Å². The quantitative estimate of drug-likeness (QED) is 0.124. The first-order valence-electron chi connectivity index (χ1n) is 35.3. The van der Waals surface area contributed by atoms with Gasteiger partial charge in [-0.3, -0.25) is 0 Å². The number of hydrogen-bond donors (Lipinski definition) is 2. The maximum atomic E-state index is 12.9. The number of aliphatic hydroxyl groups excluding tert-OH is 2. The predicted octanol–water partition coefficient (Wildman–Crippen LogP) is 16.8. The molecule has 2 heterocycles. The lowest BCUT2D eigenvalue weighted by atomic mass is 9.41. The van der Waals surface area contributed by atoms with Crippen molar-refractivity contribution in [1.82, 2.24) is 4.90 Å². The number of alkyl halides is 2. The van der Waals surface area contributed by atoms with Gasteiger partial charge in [0.05, 0.1) is 50.1 Å². The zero-order valence-electron chi connectivity index (χ0n) is 58.0. The Balaban J connectivity index is 0.000000189. The van der Waals surface area contributed by atoms with Crippen molar-refractivity contribution < 1.29 is 43.2 Å². The van der Waals surface area contributed by atoms with Crippen LogP contribution >= 0.6 is 23.2 Å². The third-order valence-corrected chi connectivity index (χ3v) is 35.3. The van der Waals surface area contributed by atoms with Crippen LogP contribution in [0.15, 0.2) is 0 Å². The van der Waals surface area contributed by atoms with Crippen molar-refractivity contribution >= 4 is 43.5 Å². The first-order valence-corrected chi connectivity index (χ1v) is 38.9. The van der Waals surface area contributed by atoms with E-state index in [2.05, 4.69) is 123 Å². The van der Waals surface area contributed by atoms with Crippen molar-refractivity contribution in [3.05, 3.63) is 0 Å². The van der Waals surface area contributed by atoms with E-state index in [1.165, 1.54) is 91.6 Å². The molecule has 12 fully saturated rings. The van der Waals surface area contributed by atoms with Crippen LogP contribution in [0.4, 0.5) is 0 Å². The van der Waals surface area contributed by atoms with Crippen molar-refractivity contribution in [2.75, 3.05) is 39.2 Å². The van der Waals surface area contributed by atoms with Gasteiger partial charge in [0.15, 0.2) is 20.5 Å². The summed E-state index contributed by atoms with van der Waals surface area (Å²) in [6, 6.07) is 3.47. The van der Waals surface area contributed by atoms with Crippen LogP contribution in [0.1, 0.15) is 234 Å². The summed E-state index contributed by atoms with van der Waals surface area (Å²) < 4.78 is 31.3. The molecule has 10 saturated carbocycles. The normalized spacial score (nSPS) is 49.3. The Bertz CT molecular complexity index is 2320. The summed E-state index contributed by atoms with van der Waals surface area (Å²) in [5.74, 6) is 4.39. The van der Waals surface area contributed by atoms with E-state index in [1.54, 1.807) is 0 Å². The lowest BCUT2D eigenvalue weighted by Crippen LogP contribution is -2.60. The lowest BCUT2D eigenvalue weighted by molar-refractivity contribution is -0.184. The van der Waals surface area contributed by atoms with Gasteiger partial charge in [-0.15, -0.1) is 23.2 Å². The minimum atomic E-state index is -1.93. The fourth-order valence-corrected chi connectivity index (χ4v) is 28.3. The molecule has 13 heteroatoms. The van der Waals surface area contributed by atoms with Gasteiger partial charge in [-0.2, -0.15) is 0 Å². The Labute approximate surface area is 530 Å². The average molecular weight is 1250 g/mol. The van der Waals surface area contributed by atoms with E-state index in [-0.39, 0.29) is 74.7 Å². The van der Waals surface area contributed by atoms with E-state index in [0.29, 0.717) is 69.0 Å². The van der Waals surface area contributed by atoms with Crippen molar-refractivity contribution in [2.24, 2.45) is 107 Å². The van der Waals surface area contributed by atoms with Crippen LogP contribution in [0.25, 0.3) is 0 Å². The first kappa shape index (κ1) is 70.4. The van der Waals surface area contributed by atoms with Crippen LogP contribution in [-0.4, -0.2) is 117 Å². The van der Waals surface area contributed by atoms with Crippen LogP contribution in [0.3, 0.4) is 0 Å². The molecule has 12 aliphatic rings. The zero-order chi connectivity index (χ0) is 63.3. The lowest BCUT2D eigenvalue weighted by Gasteiger charge is -2.64. The van der Waals surface area contributed by atoms with Gasteiger partial charge in [0.25, 0.3) is 0 Å². The molecule has 2 aliphatic heterocycles. The van der Waals surface area contributed by atoms with E-state index in [9.17, 15) is 19.8 Å². The van der Waals surface area contributed by atoms with Gasteiger partial charge in [0, 0.05) is 10.8 Å². The average Bonchev–Trinajstić information content (AvgIpc) is 1.47. The van der Waals surface area contributed by atoms with Gasteiger partial charge >= 0.3 is 11.9 Å². The molecule has 0 aromatic rings. The minimum Gasteiger partial charge on any atom is -0.467 e. The number of hydrogen-bond acceptors (Lipinski definition) is 10. The maximum Gasteiger partial charge on any atom is 0.334 e. The number of ether oxygens (including phenoxy) is 4. The van der Waals surface area contributed by atoms with Gasteiger partial charge in [0.1, 0.15) is 0 Å². The Hall–Kier alpha value is -0.503. The molecule has 10 nitrogen and oxygen atoms in total. The highest BCUT2D eigenvalue weighted by atomic mass is 35.5. The number of carbonyl (C=O) groups excluding carboxylic acids is 2. The maximum absolute atomic E-state index is 12.9. The molecule has 10 unspecified atom stereocenters. The SMILES string of the molecule is CC.CCN(CC)CC.CC[Si](CC)(CC)O[C@H]1C2OC(C(=O)OC)C[C@@H](C)C2[C@@]2(C)CCC34C[C@@]35CCC(C)C(C)(C)[C@@H]5CC[C@H]4[C@]12C.COC(=O)C1C[C@@H](C)C2C(O1)[C@H](O)[C@@]1(C)[C@@H]3CC[C@H]4C(C)(C)C(O)CC[C@@]45CC35CC[C@]21C.ClCCl. The zero-order valence-corrected chi connectivity index (χ0v) is 60.5. The smallest absolute Gasteiger partial charge is 0.334 e. The third kappa shape index (κ3) is 10.00. The number of carbonyl (C=O) groups is 2. The molecule has 4 spiro atoms. The summed E-state index contributed by atoms with van der Waals surface area (Å²) in [6.45, 7) is 48.3. The van der Waals surface area contributed by atoms with Crippen LogP contribution in [0.2, 0.25) is 18.1 Å². The largest absolute Gasteiger partial charge is 0.467 e. The number of methoxy groups -OCH3 is 2. The fourth-order valence-electron chi connectivity index (χ4n) is 25.4. The molecule has 24 atom stereocenters. The van der Waals surface area contributed by atoms with Gasteiger partial charge in [-0.1, -0.05) is 132 Å². The van der Waals surface area contributed by atoms with Gasteiger partial charge in [-0.25, -0.2) is 9.59 Å². The van der Waals surface area contributed by atoms with Crippen molar-refractivity contribution in [2.45, 2.75) is 295 Å². The van der Waals surface area contributed by atoms with E-state index >= 15 is 0 Å². The Kier molecular flexibility index (Phi) is 20.8. The molecular weight excluding hydrogens is 1120 g/mol. The molecule has 0 radical (unpaired) electrons. The van der Waals surface area contributed by atoms with E-state index in [0.717, 1.165) is 68.5 Å². The Morgan fingerprint density at radius 3 is 1.38 bits per heavy atom. The molecule has 12 rings (SSSR count). The van der Waals surface area contributed by atoms with Crippen molar-refractivity contribution in [3.8, 4) is 0 Å². The van der Waals surface area contributed by atoms with Crippen LogP contribution in [0.5, 0.6) is 0 Å². The van der Waals surface area contributed by atoms with Crippen LogP contribution < -0.4 is 0 Å². The summed E-state index contributed by atoms with van der Waals surface area (Å²) in [6.07, 6.45) is 17.2. The molecule has 0 amide bonds. The number of nitrogens with zero attached hydrogens (tertiary/aromatic N) is 1. The second kappa shape index (κ2) is 25.1. The molecule has 2 saturated heterocycles. The van der Waals surface area contributed by atoms with E-state index < -0.39 is 26.6 Å². The van der Waals surface area contributed by atoms with Crippen LogP contribution in [0, 0.1) is 107 Å². The molecule has 492 valence electrons.